The summed E-state index contributed by atoms with van der Waals surface area (Å²) in [5.74, 6) is 0.0423. The minimum absolute atomic E-state index is 0.0423. The van der Waals surface area contributed by atoms with Crippen LogP contribution in [0.25, 0.3) is 0 Å². The van der Waals surface area contributed by atoms with Crippen molar-refractivity contribution < 1.29 is 33.5 Å². The van der Waals surface area contributed by atoms with Gasteiger partial charge in [-0.3, -0.25) is 0 Å². The van der Waals surface area contributed by atoms with E-state index in [1.54, 1.807) is 0 Å². The molecule has 1 saturated carbocycles. The molecule has 6 rings (SSSR count). The molecule has 0 radical (unpaired) electrons. The first kappa shape index (κ1) is 34.5. The minimum Gasteiger partial charge on any atom is -0.374 e. The Morgan fingerprint density at radius 3 is 1.48 bits per heavy atom. The molecule has 1 saturated heterocycles. The van der Waals surface area contributed by atoms with Crippen LogP contribution >= 0.6 is 0 Å². The van der Waals surface area contributed by atoms with Crippen molar-refractivity contribution in [2.75, 3.05) is 6.61 Å². The molecule has 1 aliphatic heterocycles. The zero-order valence-corrected chi connectivity index (χ0v) is 27.6. The van der Waals surface area contributed by atoms with E-state index in [9.17, 15) is 5.11 Å². The van der Waals surface area contributed by atoms with Crippen LogP contribution in [-0.2, 0) is 54.8 Å². The normalized spacial score (nSPS) is 23.9. The van der Waals surface area contributed by atoms with E-state index in [2.05, 4.69) is 0 Å². The van der Waals surface area contributed by atoms with Gasteiger partial charge in [-0.15, -0.1) is 0 Å². The zero-order chi connectivity index (χ0) is 32.8. The second-order valence-corrected chi connectivity index (χ2v) is 12.8. The smallest absolute Gasteiger partial charge is 0.189 e. The van der Waals surface area contributed by atoms with E-state index in [0.717, 1.165) is 47.9 Å². The molecule has 0 spiro atoms. The van der Waals surface area contributed by atoms with Crippen molar-refractivity contribution in [3.8, 4) is 0 Å². The van der Waals surface area contributed by atoms with E-state index in [1.807, 2.05) is 121 Å². The van der Waals surface area contributed by atoms with Crippen LogP contribution in [0.15, 0.2) is 121 Å². The monoisotopic (exact) mass is 652 g/mol. The molecule has 6 atom stereocenters. The lowest BCUT2D eigenvalue weighted by Crippen LogP contribution is -2.62. The molecule has 7 heteroatoms. The zero-order valence-electron chi connectivity index (χ0n) is 27.6. The molecule has 4 aromatic rings. The summed E-state index contributed by atoms with van der Waals surface area (Å²) in [6.07, 6.45) is 0.885. The Balaban J connectivity index is 1.29. The third-order valence-electron chi connectivity index (χ3n) is 9.17. The molecular formula is C41H48O7. The van der Waals surface area contributed by atoms with E-state index < -0.39 is 37.0 Å². The van der Waals surface area contributed by atoms with Crippen molar-refractivity contribution >= 4 is 0 Å². The van der Waals surface area contributed by atoms with E-state index in [4.69, 9.17) is 28.4 Å². The molecule has 0 bridgehead atoms. The van der Waals surface area contributed by atoms with Gasteiger partial charge in [-0.2, -0.15) is 0 Å². The van der Waals surface area contributed by atoms with Crippen LogP contribution in [-0.4, -0.2) is 48.7 Å². The standard InChI is InChI=1S/C41H48O7/c42-40(35-24-14-5-15-25-35)48-41-39(46-29-34-22-12-4-13-23-34)38(45-28-33-20-10-3-11-21-33)37(44-27-32-18-8-2-9-19-32)36(47-41)30-43-26-31-16-6-1-7-17-31/h1-4,6-13,16-23,35-42H,5,14-15,24-30H2/t36-,37+,38+,39-,40-,41+/m1/s1. The van der Waals surface area contributed by atoms with Crippen LogP contribution in [0.1, 0.15) is 54.4 Å². The number of benzene rings is 4. The molecule has 2 fully saturated rings. The number of aliphatic hydroxyl groups excluding tert-OH is 1. The maximum Gasteiger partial charge on any atom is 0.189 e. The lowest BCUT2D eigenvalue weighted by molar-refractivity contribution is -0.357. The highest BCUT2D eigenvalue weighted by atomic mass is 16.8. The maximum atomic E-state index is 11.4. The summed E-state index contributed by atoms with van der Waals surface area (Å²) in [6, 6.07) is 40.3. The molecule has 4 aromatic carbocycles. The predicted octanol–water partition coefficient (Wildman–Crippen LogP) is 7.60. The first-order valence-corrected chi connectivity index (χ1v) is 17.3. The average Bonchev–Trinajstić information content (AvgIpc) is 3.15. The van der Waals surface area contributed by atoms with Gasteiger partial charge in [0.05, 0.1) is 33.0 Å². The molecule has 0 amide bonds. The first-order chi connectivity index (χ1) is 23.7. The highest BCUT2D eigenvalue weighted by Crippen LogP contribution is 2.34. The molecular weight excluding hydrogens is 604 g/mol. The average molecular weight is 653 g/mol. The predicted molar refractivity (Wildman–Crippen MR) is 183 cm³/mol. The lowest BCUT2D eigenvalue weighted by Gasteiger charge is -2.46. The minimum atomic E-state index is -0.986. The van der Waals surface area contributed by atoms with Crippen molar-refractivity contribution in [2.24, 2.45) is 5.92 Å². The Morgan fingerprint density at radius 2 is 0.979 bits per heavy atom. The Hall–Kier alpha value is -3.40. The van der Waals surface area contributed by atoms with Gasteiger partial charge in [0.2, 0.25) is 0 Å². The van der Waals surface area contributed by atoms with Gasteiger partial charge < -0.3 is 33.5 Å². The third-order valence-corrected chi connectivity index (χ3v) is 9.17. The molecule has 48 heavy (non-hydrogen) atoms. The van der Waals surface area contributed by atoms with Gasteiger partial charge in [0.25, 0.3) is 0 Å². The molecule has 1 N–H and O–H groups in total. The van der Waals surface area contributed by atoms with E-state index in [-0.39, 0.29) is 12.5 Å². The summed E-state index contributed by atoms with van der Waals surface area (Å²) in [5.41, 5.74) is 4.15. The number of hydrogen-bond acceptors (Lipinski definition) is 7. The number of rotatable bonds is 16. The Morgan fingerprint density at radius 1 is 0.542 bits per heavy atom. The van der Waals surface area contributed by atoms with Gasteiger partial charge in [0, 0.05) is 5.92 Å². The summed E-state index contributed by atoms with van der Waals surface area (Å²) in [5, 5.41) is 11.4. The second kappa shape index (κ2) is 18.4. The largest absolute Gasteiger partial charge is 0.374 e. The fourth-order valence-electron chi connectivity index (χ4n) is 6.52. The van der Waals surface area contributed by atoms with Gasteiger partial charge in [-0.05, 0) is 35.1 Å². The van der Waals surface area contributed by atoms with Crippen molar-refractivity contribution in [1.29, 1.82) is 0 Å². The summed E-state index contributed by atoms with van der Waals surface area (Å²) >= 11 is 0. The van der Waals surface area contributed by atoms with E-state index in [0.29, 0.717) is 26.4 Å². The third kappa shape index (κ3) is 10.1. The Kier molecular flexibility index (Phi) is 13.2. The van der Waals surface area contributed by atoms with E-state index in [1.165, 1.54) is 6.42 Å². The van der Waals surface area contributed by atoms with Crippen molar-refractivity contribution in [3.63, 3.8) is 0 Å². The van der Waals surface area contributed by atoms with Crippen LogP contribution in [0.5, 0.6) is 0 Å². The molecule has 1 heterocycles. The molecule has 0 unspecified atom stereocenters. The van der Waals surface area contributed by atoms with Crippen molar-refractivity contribution in [1.82, 2.24) is 0 Å². The summed E-state index contributed by atoms with van der Waals surface area (Å²) in [6.45, 7) is 1.68. The highest BCUT2D eigenvalue weighted by Gasteiger charge is 2.50. The van der Waals surface area contributed by atoms with Crippen LogP contribution < -0.4 is 0 Å². The number of ether oxygens (including phenoxy) is 6. The van der Waals surface area contributed by atoms with Crippen LogP contribution in [0.4, 0.5) is 0 Å². The SMILES string of the molecule is O[C@H](O[C@@H]1O[C@H](COCc2ccccc2)[C@H](OCc2ccccc2)[C@H](OCc2ccccc2)[C@H]1OCc1ccccc1)C1CCCCC1. The maximum absolute atomic E-state index is 11.4. The fourth-order valence-corrected chi connectivity index (χ4v) is 6.52. The van der Waals surface area contributed by atoms with E-state index >= 15 is 0 Å². The number of hydrogen-bond donors (Lipinski definition) is 1. The van der Waals surface area contributed by atoms with Gasteiger partial charge in [0.1, 0.15) is 24.4 Å². The number of aliphatic hydroxyl groups is 1. The van der Waals surface area contributed by atoms with Gasteiger partial charge in [0.15, 0.2) is 12.6 Å². The molecule has 7 nitrogen and oxygen atoms in total. The van der Waals surface area contributed by atoms with Gasteiger partial charge in [-0.1, -0.05) is 141 Å². The summed E-state index contributed by atoms with van der Waals surface area (Å²) < 4.78 is 39.6. The molecule has 254 valence electrons. The van der Waals surface area contributed by atoms with Crippen molar-refractivity contribution in [2.45, 2.75) is 95.5 Å². The molecule has 0 aromatic heterocycles. The first-order valence-electron chi connectivity index (χ1n) is 17.3. The summed E-state index contributed by atoms with van der Waals surface area (Å²) in [4.78, 5) is 0. The fraction of sp³-hybridized carbons (Fsp3) is 0.415. The molecule has 1 aliphatic carbocycles. The van der Waals surface area contributed by atoms with Crippen LogP contribution in [0, 0.1) is 5.92 Å². The lowest BCUT2D eigenvalue weighted by atomic mass is 9.89. The second-order valence-electron chi connectivity index (χ2n) is 12.8. The molecule has 2 aliphatic rings. The van der Waals surface area contributed by atoms with Crippen LogP contribution in [0.3, 0.4) is 0 Å². The van der Waals surface area contributed by atoms with Gasteiger partial charge in [-0.25, -0.2) is 0 Å². The van der Waals surface area contributed by atoms with Gasteiger partial charge >= 0.3 is 0 Å². The van der Waals surface area contributed by atoms with Crippen molar-refractivity contribution in [3.05, 3.63) is 144 Å². The summed E-state index contributed by atoms with van der Waals surface area (Å²) in [7, 11) is 0. The Labute approximate surface area is 284 Å². The Bertz CT molecular complexity index is 1430. The quantitative estimate of drug-likeness (QED) is 0.125. The topological polar surface area (TPSA) is 75.6 Å². The van der Waals surface area contributed by atoms with Crippen LogP contribution in [0.2, 0.25) is 0 Å². The highest BCUT2D eigenvalue weighted by molar-refractivity contribution is 5.16.